The van der Waals surface area contributed by atoms with Gasteiger partial charge in [-0.25, -0.2) is 0 Å². The van der Waals surface area contributed by atoms with Crippen molar-refractivity contribution in [1.82, 2.24) is 10.6 Å². The molecule has 0 aromatic heterocycles. The van der Waals surface area contributed by atoms with Crippen molar-refractivity contribution < 1.29 is 104 Å². The van der Waals surface area contributed by atoms with E-state index in [2.05, 4.69) is 10.6 Å². The molecule has 0 unspecified atom stereocenters. The van der Waals surface area contributed by atoms with E-state index in [1.807, 2.05) is 0 Å². The molecule has 3 aliphatic rings. The van der Waals surface area contributed by atoms with E-state index >= 15 is 0 Å². The lowest BCUT2D eigenvalue weighted by Crippen LogP contribution is -2.66. The summed E-state index contributed by atoms with van der Waals surface area (Å²) in [6, 6.07) is -2.98. The Morgan fingerprint density at radius 2 is 1.20 bits per heavy atom. The molecule has 3 fully saturated rings. The van der Waals surface area contributed by atoms with Gasteiger partial charge in [-0.3, -0.25) is 9.59 Å². The number of nitrogens with one attached hydrogen (secondary N) is 2. The van der Waals surface area contributed by atoms with Crippen LogP contribution in [0, 0.1) is 0 Å². The second kappa shape index (κ2) is 19.5. The first-order valence-electron chi connectivity index (χ1n) is 16.0. The van der Waals surface area contributed by atoms with Gasteiger partial charge < -0.3 is 105 Å². The molecule has 3 rings (SSSR count). The van der Waals surface area contributed by atoms with Crippen molar-refractivity contribution in [2.75, 3.05) is 33.0 Å². The first kappa shape index (κ1) is 43.6. The summed E-state index contributed by atoms with van der Waals surface area (Å²) in [5.41, 5.74) is 0. The van der Waals surface area contributed by atoms with Gasteiger partial charge in [0, 0.05) is 13.8 Å². The van der Waals surface area contributed by atoms with Crippen LogP contribution in [0.25, 0.3) is 0 Å². The summed E-state index contributed by atoms with van der Waals surface area (Å²) < 4.78 is 32.9. The highest BCUT2D eigenvalue weighted by Gasteiger charge is 2.52. The highest BCUT2D eigenvalue weighted by atomic mass is 16.7. The summed E-state index contributed by atoms with van der Waals surface area (Å²) in [7, 11) is 0. The molecule has 3 aliphatic heterocycles. The summed E-state index contributed by atoms with van der Waals surface area (Å²) in [6.07, 6.45) is -30.9. The van der Waals surface area contributed by atoms with Crippen molar-refractivity contribution in [3.8, 4) is 0 Å². The third-order valence-corrected chi connectivity index (χ3v) is 8.65. The number of rotatable bonds is 16. The van der Waals surface area contributed by atoms with Crippen molar-refractivity contribution in [3.05, 3.63) is 0 Å². The molecular formula is C28H50N2O21. The lowest BCUT2D eigenvalue weighted by Gasteiger charge is -2.47. The predicted molar refractivity (Wildman–Crippen MR) is 159 cm³/mol. The first-order valence-corrected chi connectivity index (χ1v) is 16.0. The van der Waals surface area contributed by atoms with Gasteiger partial charge in [0.2, 0.25) is 11.8 Å². The summed E-state index contributed by atoms with van der Waals surface area (Å²) in [4.78, 5) is 23.7. The van der Waals surface area contributed by atoms with Crippen molar-refractivity contribution >= 4 is 11.8 Å². The maximum atomic E-state index is 12.0. The van der Waals surface area contributed by atoms with Crippen molar-refractivity contribution in [2.45, 2.75) is 130 Å². The Hall–Kier alpha value is -1.82. The van der Waals surface area contributed by atoms with Gasteiger partial charge in [-0.1, -0.05) is 0 Å². The lowest BCUT2D eigenvalue weighted by molar-refractivity contribution is -0.367. The fourth-order valence-electron chi connectivity index (χ4n) is 5.85. The van der Waals surface area contributed by atoms with Crippen molar-refractivity contribution in [1.29, 1.82) is 0 Å². The van der Waals surface area contributed by atoms with Crippen LogP contribution in [-0.4, -0.2) is 228 Å². The van der Waals surface area contributed by atoms with Gasteiger partial charge in [0.05, 0.1) is 39.1 Å². The summed E-state index contributed by atoms with van der Waals surface area (Å²) >= 11 is 0. The molecule has 298 valence electrons. The number of hydrogen-bond acceptors (Lipinski definition) is 21. The van der Waals surface area contributed by atoms with Crippen LogP contribution in [0.15, 0.2) is 0 Å². The van der Waals surface area contributed by atoms with E-state index in [0.29, 0.717) is 0 Å². The fraction of sp³-hybridized carbons (Fsp3) is 0.929. The summed E-state index contributed by atoms with van der Waals surface area (Å²) in [5, 5.41) is 139. The molecule has 2 amide bonds. The Balaban J connectivity index is 1.84. The van der Waals surface area contributed by atoms with Gasteiger partial charge >= 0.3 is 0 Å². The molecule has 0 radical (unpaired) electrons. The van der Waals surface area contributed by atoms with E-state index in [1.165, 1.54) is 0 Å². The molecule has 23 heteroatoms. The highest BCUT2D eigenvalue weighted by molar-refractivity contribution is 5.73. The molecule has 3 heterocycles. The number of carbonyl (C=O) groups is 2. The second-order valence-corrected chi connectivity index (χ2v) is 12.4. The third-order valence-electron chi connectivity index (χ3n) is 8.65. The van der Waals surface area contributed by atoms with Crippen molar-refractivity contribution in [2.24, 2.45) is 0 Å². The number of ether oxygens (including phenoxy) is 6. The molecule has 0 bridgehead atoms. The molecular weight excluding hydrogens is 700 g/mol. The van der Waals surface area contributed by atoms with E-state index in [-0.39, 0.29) is 0 Å². The van der Waals surface area contributed by atoms with Gasteiger partial charge in [-0.2, -0.15) is 0 Å². The van der Waals surface area contributed by atoms with Gasteiger partial charge in [0.1, 0.15) is 91.5 Å². The first-order chi connectivity index (χ1) is 24.0. The van der Waals surface area contributed by atoms with Crippen LogP contribution in [0.3, 0.4) is 0 Å². The van der Waals surface area contributed by atoms with Crippen LogP contribution < -0.4 is 10.6 Å². The third kappa shape index (κ3) is 10.4. The van der Waals surface area contributed by atoms with E-state index in [9.17, 15) is 76.0 Å². The maximum absolute atomic E-state index is 12.0. The zero-order valence-electron chi connectivity index (χ0n) is 27.6. The zero-order valence-corrected chi connectivity index (χ0v) is 27.6. The van der Waals surface area contributed by atoms with Gasteiger partial charge in [0.15, 0.2) is 18.9 Å². The average Bonchev–Trinajstić information content (AvgIpc) is 3.09. The minimum Gasteiger partial charge on any atom is -0.394 e. The quantitative estimate of drug-likeness (QED) is 0.0696. The second-order valence-electron chi connectivity index (χ2n) is 12.4. The average molecular weight is 751 g/mol. The number of aliphatic hydroxyl groups is 13. The van der Waals surface area contributed by atoms with Crippen LogP contribution in [0.1, 0.15) is 13.8 Å². The monoisotopic (exact) mass is 750 g/mol. The molecule has 51 heavy (non-hydrogen) atoms. The Labute approximate surface area is 290 Å². The topological polar surface area (TPSA) is 377 Å². The normalized spacial score (nSPS) is 41.3. The molecule has 0 aromatic carbocycles. The predicted octanol–water partition coefficient (Wildman–Crippen LogP) is -9.83. The SMILES string of the molecule is CC(=O)N[C@H]1[C@H](OC[C@@H](O)[C@H](O)[C@H](O[C@@H]2O[C@H](CO)[C@H](O)[C@H](O[C@@H]3O[C@H](CO)[C@H](O)[C@H](O)[C@H]3O)[C@H]2O)[C@H](CO)NC(C)=O)O[C@H](CO)[C@@H](O)[C@@H]1O. The Morgan fingerprint density at radius 3 is 1.73 bits per heavy atom. The number of carbonyl (C=O) groups excluding carboxylic acids is 2. The van der Waals surface area contributed by atoms with Gasteiger partial charge in [-0.05, 0) is 0 Å². The minimum absolute atomic E-state index is 0.674. The smallest absolute Gasteiger partial charge is 0.217 e. The lowest BCUT2D eigenvalue weighted by atomic mass is 9.96. The van der Waals surface area contributed by atoms with Crippen LogP contribution in [0.2, 0.25) is 0 Å². The summed E-state index contributed by atoms with van der Waals surface area (Å²) in [6.45, 7) is -2.25. The standard InChI is InChI=1S/C28H50N2O21/c1-8(35)29-10(3-31)24(16(38)11(37)7-46-26-15(30-9(2)36)20(42)17(39)12(4-32)47-26)50-28-23(45)25(19(41)14(6-34)49-28)51-27-22(44)21(43)18(40)13(5-33)48-27/h10-28,31-34,37-45H,3-7H2,1-2H3,(H,29,35)(H,30,36)/t10-,11+,12+,13+,14+,15+,16-,17+,18-,19-,20+,21-,22+,23+,24+,25-,26+,27-,28-/m0/s1. The van der Waals surface area contributed by atoms with Crippen molar-refractivity contribution in [3.63, 3.8) is 0 Å². The molecule has 0 spiro atoms. The largest absolute Gasteiger partial charge is 0.394 e. The van der Waals surface area contributed by atoms with Gasteiger partial charge in [0.25, 0.3) is 0 Å². The van der Waals surface area contributed by atoms with E-state index in [4.69, 9.17) is 28.4 Å². The Morgan fingerprint density at radius 1 is 0.667 bits per heavy atom. The molecule has 0 saturated carbocycles. The number of aliphatic hydroxyl groups excluding tert-OH is 13. The molecule has 3 saturated heterocycles. The van der Waals surface area contributed by atoms with E-state index in [1.54, 1.807) is 0 Å². The maximum Gasteiger partial charge on any atom is 0.217 e. The van der Waals surface area contributed by atoms with E-state index < -0.39 is 161 Å². The van der Waals surface area contributed by atoms with Crippen LogP contribution >= 0.6 is 0 Å². The highest BCUT2D eigenvalue weighted by Crippen LogP contribution is 2.31. The van der Waals surface area contributed by atoms with Crippen LogP contribution in [0.5, 0.6) is 0 Å². The van der Waals surface area contributed by atoms with E-state index in [0.717, 1.165) is 13.8 Å². The molecule has 0 aliphatic carbocycles. The van der Waals surface area contributed by atoms with Gasteiger partial charge in [-0.15, -0.1) is 0 Å². The van der Waals surface area contributed by atoms with Crippen LogP contribution in [0.4, 0.5) is 0 Å². The Kier molecular flexibility index (Phi) is 16.7. The van der Waals surface area contributed by atoms with Crippen LogP contribution in [-0.2, 0) is 38.0 Å². The molecule has 0 aromatic rings. The summed E-state index contributed by atoms with van der Waals surface area (Å²) in [5.74, 6) is -1.43. The molecule has 19 atom stereocenters. The fourth-order valence-corrected chi connectivity index (χ4v) is 5.85. The Bertz CT molecular complexity index is 1090. The molecule has 23 nitrogen and oxygen atoms in total. The number of hydrogen-bond donors (Lipinski definition) is 15. The molecule has 15 N–H and O–H groups in total. The minimum atomic E-state index is -2.15. The zero-order chi connectivity index (χ0) is 38.3. The number of amides is 2.